The molecule has 0 unspecified atom stereocenters. The summed E-state index contributed by atoms with van der Waals surface area (Å²) in [5.74, 6) is -0.0793. The van der Waals surface area contributed by atoms with Crippen LogP contribution in [-0.2, 0) is 9.53 Å². The van der Waals surface area contributed by atoms with Gasteiger partial charge in [0.2, 0.25) is 0 Å². The van der Waals surface area contributed by atoms with Crippen LogP contribution in [0.4, 0.5) is 0 Å². The van der Waals surface area contributed by atoms with Gasteiger partial charge in [-0.3, -0.25) is 0 Å². The predicted molar refractivity (Wildman–Crippen MR) is 50.3 cm³/mol. The average molecular weight is 180 g/mol. The molecule has 13 heavy (non-hydrogen) atoms. The molecule has 72 valence electrons. The summed E-state index contributed by atoms with van der Waals surface area (Å²) in [6, 6.07) is 0. The number of hydrogen-bond acceptors (Lipinski definition) is 2. The Bertz CT molecular complexity index is 247. The van der Waals surface area contributed by atoms with E-state index in [0.717, 1.165) is 24.8 Å². The molecular formula is C11H16O2. The molecule has 0 atom stereocenters. The van der Waals surface area contributed by atoms with Crippen LogP contribution in [0.25, 0.3) is 0 Å². The Labute approximate surface area is 79.0 Å². The summed E-state index contributed by atoms with van der Waals surface area (Å²) in [4.78, 5) is 11.4. The molecule has 1 aliphatic heterocycles. The highest BCUT2D eigenvalue weighted by atomic mass is 16.6. The van der Waals surface area contributed by atoms with Gasteiger partial charge in [-0.2, -0.15) is 0 Å². The number of esters is 1. The fourth-order valence-corrected chi connectivity index (χ4v) is 2.41. The molecule has 1 saturated heterocycles. The molecule has 2 heteroatoms. The quantitative estimate of drug-likeness (QED) is 0.423. The molecule has 0 aromatic carbocycles. The third-order valence-corrected chi connectivity index (χ3v) is 3.20. The zero-order valence-electron chi connectivity index (χ0n) is 8.14. The van der Waals surface area contributed by atoms with Gasteiger partial charge in [-0.15, -0.1) is 0 Å². The summed E-state index contributed by atoms with van der Waals surface area (Å²) in [7, 11) is 0. The summed E-state index contributed by atoms with van der Waals surface area (Å²) >= 11 is 0. The van der Waals surface area contributed by atoms with E-state index in [0.29, 0.717) is 0 Å². The van der Waals surface area contributed by atoms with Gasteiger partial charge in [-0.05, 0) is 32.6 Å². The lowest BCUT2D eigenvalue weighted by Crippen LogP contribution is -2.30. The van der Waals surface area contributed by atoms with Crippen LogP contribution < -0.4 is 0 Å². The van der Waals surface area contributed by atoms with Crippen molar-refractivity contribution in [1.29, 1.82) is 0 Å². The first-order chi connectivity index (χ1) is 6.26. The van der Waals surface area contributed by atoms with E-state index in [-0.39, 0.29) is 11.6 Å². The molecule has 0 N–H and O–H groups in total. The van der Waals surface area contributed by atoms with Crippen molar-refractivity contribution in [3.63, 3.8) is 0 Å². The highest BCUT2D eigenvalue weighted by Gasteiger charge is 2.43. The van der Waals surface area contributed by atoms with Gasteiger partial charge >= 0.3 is 5.97 Å². The van der Waals surface area contributed by atoms with Crippen LogP contribution in [0, 0.1) is 0 Å². The van der Waals surface area contributed by atoms with Crippen molar-refractivity contribution in [1.82, 2.24) is 0 Å². The molecule has 0 aromatic rings. The zero-order valence-corrected chi connectivity index (χ0v) is 8.14. The van der Waals surface area contributed by atoms with Gasteiger partial charge in [-0.25, -0.2) is 4.79 Å². The summed E-state index contributed by atoms with van der Waals surface area (Å²) in [6.07, 6.45) is 8.60. The Kier molecular flexibility index (Phi) is 2.14. The van der Waals surface area contributed by atoms with Crippen molar-refractivity contribution in [2.45, 2.75) is 51.0 Å². The monoisotopic (exact) mass is 180 g/mol. The number of ether oxygens (including phenoxy) is 1. The Morgan fingerprint density at radius 2 is 2.00 bits per heavy atom. The lowest BCUT2D eigenvalue weighted by molar-refractivity contribution is -0.148. The summed E-state index contributed by atoms with van der Waals surface area (Å²) < 4.78 is 5.49. The number of allylic oxidation sites excluding steroid dienone is 1. The number of carbonyl (C=O) groups excluding carboxylic acids is 1. The second-order valence-corrected chi connectivity index (χ2v) is 4.12. The molecule has 0 aromatic heterocycles. The molecule has 2 nitrogen and oxygen atoms in total. The molecule has 2 rings (SSSR count). The first kappa shape index (κ1) is 8.79. The van der Waals surface area contributed by atoms with Crippen LogP contribution in [0.2, 0.25) is 0 Å². The first-order valence-electron chi connectivity index (χ1n) is 5.14. The van der Waals surface area contributed by atoms with Crippen molar-refractivity contribution < 1.29 is 9.53 Å². The normalized spacial score (nSPS) is 29.6. The lowest BCUT2D eigenvalue weighted by atomic mass is 9.82. The van der Waals surface area contributed by atoms with Gasteiger partial charge in [0.25, 0.3) is 0 Å². The number of carbonyl (C=O) groups is 1. The van der Waals surface area contributed by atoms with Gasteiger partial charge in [0.15, 0.2) is 0 Å². The van der Waals surface area contributed by atoms with E-state index in [9.17, 15) is 4.79 Å². The second-order valence-electron chi connectivity index (χ2n) is 4.12. The Morgan fingerprint density at radius 3 is 2.54 bits per heavy atom. The van der Waals surface area contributed by atoms with Gasteiger partial charge in [0, 0.05) is 12.0 Å². The van der Waals surface area contributed by atoms with E-state index in [4.69, 9.17) is 4.74 Å². The summed E-state index contributed by atoms with van der Waals surface area (Å²) in [5.41, 5.74) is 0.777. The van der Waals surface area contributed by atoms with E-state index in [2.05, 4.69) is 0 Å². The highest BCUT2D eigenvalue weighted by molar-refractivity contribution is 5.91. The summed E-state index contributed by atoms with van der Waals surface area (Å²) in [6.45, 7) is 1.92. The third kappa shape index (κ3) is 1.50. The van der Waals surface area contributed by atoms with Crippen LogP contribution in [0.5, 0.6) is 0 Å². The van der Waals surface area contributed by atoms with Crippen molar-refractivity contribution in [3.8, 4) is 0 Å². The minimum atomic E-state index is -0.100. The van der Waals surface area contributed by atoms with Gasteiger partial charge in [0.1, 0.15) is 5.60 Å². The molecule has 1 heterocycles. The van der Waals surface area contributed by atoms with Gasteiger partial charge in [0.05, 0.1) is 0 Å². The van der Waals surface area contributed by atoms with Gasteiger partial charge in [-0.1, -0.05) is 12.5 Å². The maximum atomic E-state index is 11.4. The molecule has 0 radical (unpaired) electrons. The van der Waals surface area contributed by atoms with Crippen molar-refractivity contribution in [2.24, 2.45) is 0 Å². The van der Waals surface area contributed by atoms with E-state index in [1.807, 2.05) is 13.0 Å². The van der Waals surface area contributed by atoms with E-state index >= 15 is 0 Å². The third-order valence-electron chi connectivity index (χ3n) is 3.20. The molecule has 0 bridgehead atoms. The standard InChI is InChI=1S/C11H16O2/c1-2-9-8-11(13-10(9)12)6-4-3-5-7-11/h2H,3-8H2,1H3. The number of rotatable bonds is 0. The van der Waals surface area contributed by atoms with Crippen molar-refractivity contribution in [2.75, 3.05) is 0 Å². The summed E-state index contributed by atoms with van der Waals surface area (Å²) in [5, 5.41) is 0. The van der Waals surface area contributed by atoms with Gasteiger partial charge < -0.3 is 4.74 Å². The van der Waals surface area contributed by atoms with Crippen LogP contribution in [-0.4, -0.2) is 11.6 Å². The Hall–Kier alpha value is -0.790. The molecular weight excluding hydrogens is 164 g/mol. The minimum absolute atomic E-state index is 0.0793. The largest absolute Gasteiger partial charge is 0.455 e. The second kappa shape index (κ2) is 3.17. The molecule has 2 aliphatic rings. The maximum Gasteiger partial charge on any atom is 0.334 e. The highest BCUT2D eigenvalue weighted by Crippen LogP contribution is 2.41. The van der Waals surface area contributed by atoms with Crippen LogP contribution >= 0.6 is 0 Å². The molecule has 1 spiro atoms. The molecule has 2 fully saturated rings. The molecule has 1 saturated carbocycles. The number of hydrogen-bond donors (Lipinski definition) is 0. The fraction of sp³-hybridized carbons (Fsp3) is 0.727. The molecule has 1 aliphatic carbocycles. The van der Waals surface area contributed by atoms with Crippen LogP contribution in [0.15, 0.2) is 11.6 Å². The SMILES string of the molecule is CC=C1CC2(CCCCC2)OC1=O. The smallest absolute Gasteiger partial charge is 0.334 e. The van der Waals surface area contributed by atoms with E-state index < -0.39 is 0 Å². The van der Waals surface area contributed by atoms with Crippen molar-refractivity contribution in [3.05, 3.63) is 11.6 Å². The minimum Gasteiger partial charge on any atom is -0.455 e. The van der Waals surface area contributed by atoms with E-state index in [1.54, 1.807) is 0 Å². The zero-order chi connectivity index (χ0) is 9.31. The lowest BCUT2D eigenvalue weighted by Gasteiger charge is -2.31. The first-order valence-corrected chi connectivity index (χ1v) is 5.14. The Balaban J connectivity index is 2.14. The average Bonchev–Trinajstić information content (AvgIpc) is 2.44. The predicted octanol–water partition coefficient (Wildman–Crippen LogP) is 2.58. The topological polar surface area (TPSA) is 26.3 Å². The Morgan fingerprint density at radius 1 is 1.31 bits per heavy atom. The molecule has 0 amide bonds. The van der Waals surface area contributed by atoms with Crippen LogP contribution in [0.1, 0.15) is 45.4 Å². The van der Waals surface area contributed by atoms with E-state index in [1.165, 1.54) is 19.3 Å². The van der Waals surface area contributed by atoms with Crippen molar-refractivity contribution >= 4 is 5.97 Å². The van der Waals surface area contributed by atoms with Crippen LogP contribution in [0.3, 0.4) is 0 Å². The maximum absolute atomic E-state index is 11.4. The fourth-order valence-electron chi connectivity index (χ4n) is 2.41.